The van der Waals surface area contributed by atoms with Crippen molar-refractivity contribution in [2.24, 2.45) is 0 Å². The molecule has 4 nitrogen and oxygen atoms in total. The Morgan fingerprint density at radius 3 is 2.63 bits per heavy atom. The lowest BCUT2D eigenvalue weighted by Gasteiger charge is -2.15. The molecule has 0 aliphatic carbocycles. The van der Waals surface area contributed by atoms with E-state index in [1.165, 1.54) is 6.07 Å². The average molecular weight is 350 g/mol. The van der Waals surface area contributed by atoms with Crippen molar-refractivity contribution in [3.05, 3.63) is 28.2 Å². The molecule has 0 saturated carbocycles. The molecule has 0 saturated heterocycles. The van der Waals surface area contributed by atoms with Gasteiger partial charge in [-0.3, -0.25) is 0 Å². The van der Waals surface area contributed by atoms with Crippen LogP contribution in [0.4, 0.5) is 0 Å². The van der Waals surface area contributed by atoms with Gasteiger partial charge in [0.25, 0.3) is 0 Å². The van der Waals surface area contributed by atoms with Gasteiger partial charge in [0.2, 0.25) is 10.0 Å². The third-order valence-corrected chi connectivity index (χ3v) is 5.38. The number of rotatable bonds is 7. The molecule has 0 aliphatic rings. The second-order valence-electron chi connectivity index (χ2n) is 4.59. The highest BCUT2D eigenvalue weighted by Crippen LogP contribution is 2.23. The van der Waals surface area contributed by atoms with Crippen LogP contribution in [0.3, 0.4) is 0 Å². The molecule has 1 rings (SSSR count). The Labute approximate surface area is 123 Å². The van der Waals surface area contributed by atoms with E-state index in [1.54, 1.807) is 12.1 Å². The monoisotopic (exact) mass is 349 g/mol. The van der Waals surface area contributed by atoms with Crippen molar-refractivity contribution >= 4 is 26.0 Å². The maximum atomic E-state index is 12.2. The van der Waals surface area contributed by atoms with Crippen LogP contribution in [-0.2, 0) is 16.6 Å². The first kappa shape index (κ1) is 16.6. The predicted octanol–water partition coefficient (Wildman–Crippen LogP) is 2.80. The van der Waals surface area contributed by atoms with Gasteiger partial charge in [0.05, 0.1) is 11.5 Å². The fraction of sp³-hybridized carbons (Fsp3) is 0.538. The zero-order valence-corrected chi connectivity index (χ0v) is 13.6. The quantitative estimate of drug-likeness (QED) is 0.795. The van der Waals surface area contributed by atoms with Crippen LogP contribution in [0.5, 0.6) is 0 Å². The maximum absolute atomic E-state index is 12.2. The number of aliphatic hydroxyl groups excluding tert-OH is 1. The van der Waals surface area contributed by atoms with Crippen LogP contribution in [0, 0.1) is 0 Å². The molecule has 0 amide bonds. The minimum atomic E-state index is -3.52. The summed E-state index contributed by atoms with van der Waals surface area (Å²) in [7, 11) is -3.52. The molecular formula is C13H20BrNO3S. The van der Waals surface area contributed by atoms with Crippen molar-refractivity contribution in [2.75, 3.05) is 0 Å². The molecule has 1 aromatic rings. The van der Waals surface area contributed by atoms with Crippen LogP contribution in [0.15, 0.2) is 27.6 Å². The van der Waals surface area contributed by atoms with Gasteiger partial charge in [-0.25, -0.2) is 13.1 Å². The standard InChI is InChI=1S/C13H20BrNO3S/c1-3-4-5-10(2)15-19(17,18)13-7-6-11(9-16)8-12(13)14/h6-8,10,15-16H,3-5,9H2,1-2H3. The van der Waals surface area contributed by atoms with Gasteiger partial charge < -0.3 is 5.11 Å². The zero-order chi connectivity index (χ0) is 14.5. The van der Waals surface area contributed by atoms with Crippen LogP contribution in [0.25, 0.3) is 0 Å². The molecule has 0 aliphatic heterocycles. The first-order valence-electron chi connectivity index (χ1n) is 6.32. The summed E-state index contributed by atoms with van der Waals surface area (Å²) in [6.07, 6.45) is 2.86. The Morgan fingerprint density at radius 1 is 1.42 bits per heavy atom. The Bertz CT molecular complexity index is 517. The van der Waals surface area contributed by atoms with Crippen LogP contribution in [0.2, 0.25) is 0 Å². The largest absolute Gasteiger partial charge is 0.392 e. The number of aliphatic hydroxyl groups is 1. The number of hydrogen-bond acceptors (Lipinski definition) is 3. The molecule has 1 aromatic carbocycles. The lowest BCUT2D eigenvalue weighted by atomic mass is 10.2. The smallest absolute Gasteiger partial charge is 0.241 e. The minimum absolute atomic E-state index is 0.0885. The summed E-state index contributed by atoms with van der Waals surface area (Å²) >= 11 is 3.24. The predicted molar refractivity (Wildman–Crippen MR) is 79.4 cm³/mol. The fourth-order valence-electron chi connectivity index (χ4n) is 1.76. The Kier molecular flexibility index (Phi) is 6.46. The molecule has 2 N–H and O–H groups in total. The minimum Gasteiger partial charge on any atom is -0.392 e. The number of sulfonamides is 1. The van der Waals surface area contributed by atoms with Crippen molar-refractivity contribution in [2.45, 2.75) is 50.7 Å². The van der Waals surface area contributed by atoms with Gasteiger partial charge in [-0.1, -0.05) is 25.8 Å². The number of benzene rings is 1. The van der Waals surface area contributed by atoms with Gasteiger partial charge >= 0.3 is 0 Å². The van der Waals surface area contributed by atoms with E-state index in [2.05, 4.69) is 27.6 Å². The summed E-state index contributed by atoms with van der Waals surface area (Å²) in [5.41, 5.74) is 0.671. The second-order valence-corrected chi connectivity index (χ2v) is 7.12. The van der Waals surface area contributed by atoms with Gasteiger partial charge in [0.15, 0.2) is 0 Å². The van der Waals surface area contributed by atoms with E-state index in [-0.39, 0.29) is 17.5 Å². The van der Waals surface area contributed by atoms with Crippen molar-refractivity contribution in [3.63, 3.8) is 0 Å². The highest BCUT2D eigenvalue weighted by atomic mass is 79.9. The maximum Gasteiger partial charge on any atom is 0.241 e. The van der Waals surface area contributed by atoms with Gasteiger partial charge in [-0.2, -0.15) is 0 Å². The Hall–Kier alpha value is -0.430. The second kappa shape index (κ2) is 7.38. The van der Waals surface area contributed by atoms with E-state index in [4.69, 9.17) is 5.11 Å². The fourth-order valence-corrected chi connectivity index (χ4v) is 4.16. The molecule has 1 atom stereocenters. The molecule has 0 fully saturated rings. The Morgan fingerprint density at radius 2 is 2.11 bits per heavy atom. The van der Waals surface area contributed by atoms with E-state index in [0.717, 1.165) is 19.3 Å². The van der Waals surface area contributed by atoms with Gasteiger partial charge in [0.1, 0.15) is 0 Å². The van der Waals surface area contributed by atoms with E-state index in [0.29, 0.717) is 10.0 Å². The molecule has 6 heteroatoms. The molecule has 0 spiro atoms. The summed E-state index contributed by atoms with van der Waals surface area (Å²) in [6, 6.07) is 4.64. The first-order chi connectivity index (χ1) is 8.90. The summed E-state index contributed by atoms with van der Waals surface area (Å²) in [6.45, 7) is 3.83. The molecule has 19 heavy (non-hydrogen) atoms. The summed E-state index contributed by atoms with van der Waals surface area (Å²) < 4.78 is 27.6. The molecule has 0 heterocycles. The van der Waals surface area contributed by atoms with Crippen molar-refractivity contribution in [3.8, 4) is 0 Å². The van der Waals surface area contributed by atoms with Crippen LogP contribution in [-0.4, -0.2) is 19.6 Å². The van der Waals surface area contributed by atoms with Crippen LogP contribution < -0.4 is 4.72 Å². The van der Waals surface area contributed by atoms with Crippen LogP contribution >= 0.6 is 15.9 Å². The highest BCUT2D eigenvalue weighted by Gasteiger charge is 2.20. The first-order valence-corrected chi connectivity index (χ1v) is 8.60. The number of hydrogen-bond donors (Lipinski definition) is 2. The highest BCUT2D eigenvalue weighted by molar-refractivity contribution is 9.10. The molecule has 1 unspecified atom stereocenters. The molecule has 0 radical (unpaired) electrons. The van der Waals surface area contributed by atoms with Crippen molar-refractivity contribution in [1.29, 1.82) is 0 Å². The van der Waals surface area contributed by atoms with E-state index >= 15 is 0 Å². The molecule has 108 valence electrons. The van der Waals surface area contributed by atoms with E-state index < -0.39 is 10.0 Å². The van der Waals surface area contributed by atoms with E-state index in [1.807, 2.05) is 6.92 Å². The number of nitrogens with one attached hydrogen (secondary N) is 1. The molecular weight excluding hydrogens is 330 g/mol. The average Bonchev–Trinajstić information content (AvgIpc) is 2.35. The summed E-state index contributed by atoms with van der Waals surface area (Å²) in [5, 5.41) is 9.01. The van der Waals surface area contributed by atoms with Gasteiger partial charge in [-0.15, -0.1) is 0 Å². The molecule has 0 aromatic heterocycles. The van der Waals surface area contributed by atoms with Crippen LogP contribution in [0.1, 0.15) is 38.7 Å². The third kappa shape index (κ3) is 4.87. The lowest BCUT2D eigenvalue weighted by Crippen LogP contribution is -2.32. The summed E-state index contributed by atoms with van der Waals surface area (Å²) in [4.78, 5) is 0.202. The van der Waals surface area contributed by atoms with E-state index in [9.17, 15) is 8.42 Å². The Balaban J connectivity index is 2.88. The SMILES string of the molecule is CCCCC(C)NS(=O)(=O)c1ccc(CO)cc1Br. The number of unbranched alkanes of at least 4 members (excludes halogenated alkanes) is 1. The number of halogens is 1. The van der Waals surface area contributed by atoms with Crippen molar-refractivity contribution in [1.82, 2.24) is 4.72 Å². The third-order valence-electron chi connectivity index (χ3n) is 2.82. The van der Waals surface area contributed by atoms with Crippen molar-refractivity contribution < 1.29 is 13.5 Å². The van der Waals surface area contributed by atoms with Gasteiger partial charge in [-0.05, 0) is 47.0 Å². The summed E-state index contributed by atoms with van der Waals surface area (Å²) in [5.74, 6) is 0. The van der Waals surface area contributed by atoms with Gasteiger partial charge in [0, 0.05) is 10.5 Å². The molecule has 0 bridgehead atoms. The zero-order valence-electron chi connectivity index (χ0n) is 11.2. The topological polar surface area (TPSA) is 66.4 Å². The normalized spacial score (nSPS) is 13.5. The lowest BCUT2D eigenvalue weighted by molar-refractivity contribution is 0.281.